The summed E-state index contributed by atoms with van der Waals surface area (Å²) in [6.07, 6.45) is 0. The minimum atomic E-state index is -0.694. The fourth-order valence-electron chi connectivity index (χ4n) is 4.94. The molecule has 0 spiro atoms. The van der Waals surface area contributed by atoms with Crippen LogP contribution in [0.2, 0.25) is 0 Å². The number of hydrogen-bond acceptors (Lipinski definition) is 6. The number of carbonyl (C=O) groups is 2. The number of fused-ring (bicyclic) bond motifs is 2. The molecule has 6 nitrogen and oxygen atoms in total. The molecule has 0 bridgehead atoms. The summed E-state index contributed by atoms with van der Waals surface area (Å²) in [6.45, 7) is 4.22. The average Bonchev–Trinajstić information content (AvgIpc) is 3.19. The van der Waals surface area contributed by atoms with Crippen LogP contribution in [0.25, 0.3) is 5.70 Å². The first-order valence-corrected chi connectivity index (χ1v) is 12.9. The number of Topliss-reactive ketones (excluding diaryl/α,β-unsaturated/α-hetero) is 1. The third-order valence-electron chi connectivity index (χ3n) is 6.62. The Balaban J connectivity index is 1.61. The first-order valence-electron chi connectivity index (χ1n) is 12.1. The summed E-state index contributed by atoms with van der Waals surface area (Å²) >= 11 is 3.61. The fraction of sp³-hybridized carbons (Fsp3) is 0.200. The number of dihydropyridines is 1. The lowest BCUT2D eigenvalue weighted by molar-refractivity contribution is -0.136. The SMILES string of the molecule is CCOc1cc([C@@H]2C(C(=O)OC)=C(C)NC3=C2C(=O)c2ccccc23)cc(Br)c1OCc1ccc(F)cc1. The van der Waals surface area contributed by atoms with Gasteiger partial charge in [-0.1, -0.05) is 36.4 Å². The molecule has 0 unspecified atom stereocenters. The van der Waals surface area contributed by atoms with E-state index in [0.717, 1.165) is 11.1 Å². The van der Waals surface area contributed by atoms with E-state index in [0.29, 0.717) is 56.2 Å². The highest BCUT2D eigenvalue weighted by molar-refractivity contribution is 9.10. The van der Waals surface area contributed by atoms with Crippen LogP contribution in [0.4, 0.5) is 4.39 Å². The third-order valence-corrected chi connectivity index (χ3v) is 7.20. The molecular weight excluding hydrogens is 553 g/mol. The Hall–Kier alpha value is -3.91. The summed E-state index contributed by atoms with van der Waals surface area (Å²) in [7, 11) is 1.32. The molecule has 38 heavy (non-hydrogen) atoms. The quantitative estimate of drug-likeness (QED) is 0.332. The number of benzene rings is 3. The van der Waals surface area contributed by atoms with E-state index in [4.69, 9.17) is 14.2 Å². The normalized spacial score (nSPS) is 16.1. The molecule has 8 heteroatoms. The molecule has 5 rings (SSSR count). The third kappa shape index (κ3) is 4.49. The lowest BCUT2D eigenvalue weighted by atomic mass is 9.79. The van der Waals surface area contributed by atoms with E-state index in [9.17, 15) is 14.0 Å². The number of halogens is 2. The first-order chi connectivity index (χ1) is 18.3. The maximum atomic E-state index is 13.7. The van der Waals surface area contributed by atoms with E-state index in [-0.39, 0.29) is 18.2 Å². The molecule has 1 N–H and O–H groups in total. The summed E-state index contributed by atoms with van der Waals surface area (Å²) in [5.41, 5.74) is 4.96. The van der Waals surface area contributed by atoms with Crippen molar-refractivity contribution in [3.8, 4) is 11.5 Å². The van der Waals surface area contributed by atoms with Gasteiger partial charge in [-0.2, -0.15) is 0 Å². The number of allylic oxidation sites excluding steroid dienone is 2. The van der Waals surface area contributed by atoms with Gasteiger partial charge in [0.05, 0.1) is 29.5 Å². The highest BCUT2D eigenvalue weighted by Crippen LogP contribution is 2.49. The van der Waals surface area contributed by atoms with Crippen molar-refractivity contribution in [2.24, 2.45) is 0 Å². The zero-order valence-corrected chi connectivity index (χ0v) is 22.6. The topological polar surface area (TPSA) is 73.9 Å². The Kier molecular flexibility index (Phi) is 7.08. The number of carbonyl (C=O) groups excluding carboxylic acids is 2. The Morgan fingerprint density at radius 2 is 1.76 bits per heavy atom. The van der Waals surface area contributed by atoms with Gasteiger partial charge in [-0.25, -0.2) is 9.18 Å². The van der Waals surface area contributed by atoms with Crippen molar-refractivity contribution in [2.45, 2.75) is 26.4 Å². The minimum absolute atomic E-state index is 0.146. The molecule has 1 aliphatic carbocycles. The number of nitrogens with one attached hydrogen (secondary N) is 1. The molecule has 2 aliphatic rings. The Labute approximate surface area is 228 Å². The van der Waals surface area contributed by atoms with E-state index in [2.05, 4.69) is 21.2 Å². The van der Waals surface area contributed by atoms with E-state index >= 15 is 0 Å². The molecule has 1 aliphatic heterocycles. The van der Waals surface area contributed by atoms with Crippen molar-refractivity contribution in [3.63, 3.8) is 0 Å². The number of ketones is 1. The summed E-state index contributed by atoms with van der Waals surface area (Å²) < 4.78 is 31.1. The molecule has 3 aromatic rings. The predicted molar refractivity (Wildman–Crippen MR) is 144 cm³/mol. The van der Waals surface area contributed by atoms with Crippen LogP contribution in [-0.4, -0.2) is 25.5 Å². The Morgan fingerprint density at radius 3 is 2.45 bits per heavy atom. The van der Waals surface area contributed by atoms with E-state index in [1.165, 1.54) is 19.2 Å². The Bertz CT molecular complexity index is 1510. The van der Waals surface area contributed by atoms with Crippen LogP contribution in [0, 0.1) is 5.82 Å². The smallest absolute Gasteiger partial charge is 0.336 e. The highest BCUT2D eigenvalue weighted by atomic mass is 79.9. The van der Waals surface area contributed by atoms with Crippen LogP contribution >= 0.6 is 15.9 Å². The van der Waals surface area contributed by atoms with Gasteiger partial charge in [-0.05, 0) is 65.2 Å². The minimum Gasteiger partial charge on any atom is -0.490 e. The number of methoxy groups -OCH3 is 1. The van der Waals surface area contributed by atoms with Crippen LogP contribution in [0.15, 0.2) is 82.0 Å². The molecule has 3 aromatic carbocycles. The van der Waals surface area contributed by atoms with Gasteiger partial charge in [0.25, 0.3) is 0 Å². The van der Waals surface area contributed by atoms with Crippen molar-refractivity contribution in [2.75, 3.05) is 13.7 Å². The maximum Gasteiger partial charge on any atom is 0.336 e. The molecule has 0 saturated heterocycles. The predicted octanol–water partition coefficient (Wildman–Crippen LogP) is 6.31. The second-order valence-electron chi connectivity index (χ2n) is 8.93. The largest absolute Gasteiger partial charge is 0.490 e. The van der Waals surface area contributed by atoms with Crippen molar-refractivity contribution in [1.82, 2.24) is 5.32 Å². The summed E-state index contributed by atoms with van der Waals surface area (Å²) in [6, 6.07) is 17.1. The number of esters is 1. The summed E-state index contributed by atoms with van der Waals surface area (Å²) in [4.78, 5) is 26.7. The molecule has 0 aromatic heterocycles. The summed E-state index contributed by atoms with van der Waals surface area (Å²) in [5.74, 6) is -0.777. The molecule has 1 atom stereocenters. The van der Waals surface area contributed by atoms with Crippen LogP contribution in [0.3, 0.4) is 0 Å². The van der Waals surface area contributed by atoms with E-state index in [1.54, 1.807) is 31.2 Å². The zero-order chi connectivity index (χ0) is 27.0. The van der Waals surface area contributed by atoms with Gasteiger partial charge < -0.3 is 19.5 Å². The van der Waals surface area contributed by atoms with Crippen LogP contribution in [0.1, 0.15) is 46.8 Å². The van der Waals surface area contributed by atoms with E-state index in [1.807, 2.05) is 31.2 Å². The maximum absolute atomic E-state index is 13.7. The van der Waals surface area contributed by atoms with Crippen molar-refractivity contribution < 1.29 is 28.2 Å². The highest BCUT2D eigenvalue weighted by Gasteiger charge is 2.43. The van der Waals surface area contributed by atoms with Gasteiger partial charge in [-0.3, -0.25) is 4.79 Å². The van der Waals surface area contributed by atoms with Gasteiger partial charge in [0, 0.05) is 28.3 Å². The average molecular weight is 578 g/mol. The second-order valence-corrected chi connectivity index (χ2v) is 9.78. The van der Waals surface area contributed by atoms with E-state index < -0.39 is 11.9 Å². The standard InChI is InChI=1S/C30H25BrFNO5/c1-4-37-23-14-18(13-22(31)29(23)38-15-17-9-11-19(32)12-10-17)25-24(30(35)36-3)16(2)33-27-20-7-5-6-8-21(20)28(34)26(25)27/h5-14,25,33H,4,15H2,1-3H3/t25-/m1/s1. The lowest BCUT2D eigenvalue weighted by Crippen LogP contribution is -2.29. The van der Waals surface area contributed by atoms with Crippen molar-refractivity contribution >= 4 is 33.4 Å². The second kappa shape index (κ2) is 10.5. The Morgan fingerprint density at radius 1 is 1.05 bits per heavy atom. The summed E-state index contributed by atoms with van der Waals surface area (Å²) in [5, 5.41) is 3.28. The van der Waals surface area contributed by atoms with Gasteiger partial charge in [0.15, 0.2) is 17.3 Å². The molecule has 0 fully saturated rings. The van der Waals surface area contributed by atoms with Gasteiger partial charge in [0.1, 0.15) is 12.4 Å². The zero-order valence-electron chi connectivity index (χ0n) is 21.1. The molecule has 0 saturated carbocycles. The van der Waals surface area contributed by atoms with Crippen LogP contribution in [-0.2, 0) is 16.1 Å². The molecule has 1 heterocycles. The molecule has 194 valence electrons. The molecule has 0 amide bonds. The van der Waals surface area contributed by atoms with Crippen molar-refractivity contribution in [3.05, 3.63) is 110 Å². The number of ether oxygens (including phenoxy) is 3. The number of hydrogen-bond donors (Lipinski definition) is 1. The first kappa shape index (κ1) is 25.7. The molecular formula is C30H25BrFNO5. The lowest BCUT2D eigenvalue weighted by Gasteiger charge is -2.29. The van der Waals surface area contributed by atoms with Gasteiger partial charge >= 0.3 is 5.97 Å². The monoisotopic (exact) mass is 577 g/mol. The molecule has 0 radical (unpaired) electrons. The van der Waals surface area contributed by atoms with Crippen molar-refractivity contribution in [1.29, 1.82) is 0 Å². The van der Waals surface area contributed by atoms with Gasteiger partial charge in [0.2, 0.25) is 0 Å². The fourth-order valence-corrected chi connectivity index (χ4v) is 5.51. The number of rotatable bonds is 7. The van der Waals surface area contributed by atoms with Gasteiger partial charge in [-0.15, -0.1) is 0 Å². The van der Waals surface area contributed by atoms with Crippen LogP contribution in [0.5, 0.6) is 11.5 Å². The van der Waals surface area contributed by atoms with Crippen LogP contribution < -0.4 is 14.8 Å².